The van der Waals surface area contributed by atoms with Crippen molar-refractivity contribution in [2.24, 2.45) is 0 Å². The maximum absolute atomic E-state index is 11.6. The third-order valence-corrected chi connectivity index (χ3v) is 3.59. The molecular formula is C17H22N2O2. The second-order valence-corrected chi connectivity index (χ2v) is 6.30. The lowest BCUT2D eigenvalue weighted by atomic mass is 9.86. The van der Waals surface area contributed by atoms with Gasteiger partial charge in [-0.25, -0.2) is 4.79 Å². The van der Waals surface area contributed by atoms with Crippen LogP contribution in [0.2, 0.25) is 0 Å². The molecular weight excluding hydrogens is 264 g/mol. The minimum Gasteiger partial charge on any atom is -0.478 e. The van der Waals surface area contributed by atoms with Crippen molar-refractivity contribution in [3.05, 3.63) is 41.1 Å². The van der Waals surface area contributed by atoms with Gasteiger partial charge in [0, 0.05) is 24.0 Å². The number of benzene rings is 1. The number of aromatic carboxylic acids is 1. The molecule has 0 atom stereocenters. The summed E-state index contributed by atoms with van der Waals surface area (Å²) in [5, 5.41) is 13.2. The van der Waals surface area contributed by atoms with E-state index < -0.39 is 5.97 Å². The Morgan fingerprint density at radius 3 is 2.57 bits per heavy atom. The number of carboxylic acid groups (broad SMARTS) is 1. The van der Waals surface area contributed by atoms with Crippen LogP contribution >= 0.6 is 0 Å². The van der Waals surface area contributed by atoms with Gasteiger partial charge in [-0.05, 0) is 36.2 Å². The van der Waals surface area contributed by atoms with Crippen LogP contribution in [0.15, 0.2) is 24.3 Å². The number of nitrogens with zero attached hydrogens (tertiary/aromatic N) is 1. The van der Waals surface area contributed by atoms with Gasteiger partial charge in [0.2, 0.25) is 0 Å². The molecule has 0 saturated carbocycles. The molecule has 0 aliphatic carbocycles. The van der Waals surface area contributed by atoms with Gasteiger partial charge in [-0.3, -0.25) is 4.98 Å². The molecule has 0 fully saturated rings. The molecule has 0 spiro atoms. The number of rotatable bonds is 4. The Bertz CT molecular complexity index is 672. The second kappa shape index (κ2) is 5.82. The summed E-state index contributed by atoms with van der Waals surface area (Å²) in [6.07, 6.45) is 0.716. The van der Waals surface area contributed by atoms with Crippen LogP contribution in [-0.2, 0) is 11.8 Å². The predicted octanol–water partition coefficient (Wildman–Crippen LogP) is 2.99. The molecule has 4 heteroatoms. The Balaban J connectivity index is 2.62. The first-order valence-corrected chi connectivity index (χ1v) is 7.15. The SMILES string of the molecule is CNCCc1cc(C(=O)O)c2cc(C(C)(C)C)ccc2n1. The maximum Gasteiger partial charge on any atom is 0.336 e. The molecule has 1 aromatic carbocycles. The van der Waals surface area contributed by atoms with Crippen LogP contribution in [0.3, 0.4) is 0 Å². The highest BCUT2D eigenvalue weighted by Crippen LogP contribution is 2.27. The molecule has 2 aromatic rings. The van der Waals surface area contributed by atoms with Crippen LogP contribution in [-0.4, -0.2) is 29.7 Å². The molecule has 0 bridgehead atoms. The number of fused-ring (bicyclic) bond motifs is 1. The van der Waals surface area contributed by atoms with E-state index in [-0.39, 0.29) is 5.41 Å². The van der Waals surface area contributed by atoms with E-state index in [4.69, 9.17) is 0 Å². The number of carbonyl (C=O) groups is 1. The van der Waals surface area contributed by atoms with Crippen LogP contribution in [0.25, 0.3) is 10.9 Å². The number of pyridine rings is 1. The summed E-state index contributed by atoms with van der Waals surface area (Å²) in [6.45, 7) is 7.12. The maximum atomic E-state index is 11.6. The molecule has 2 rings (SSSR count). The van der Waals surface area contributed by atoms with E-state index in [2.05, 4.69) is 31.1 Å². The average molecular weight is 286 g/mol. The Kier molecular flexibility index (Phi) is 4.28. The highest BCUT2D eigenvalue weighted by molar-refractivity contribution is 6.02. The molecule has 4 nitrogen and oxygen atoms in total. The molecule has 0 radical (unpaired) electrons. The summed E-state index contributed by atoms with van der Waals surface area (Å²) in [4.78, 5) is 16.1. The number of carboxylic acids is 1. The molecule has 1 aromatic heterocycles. The van der Waals surface area contributed by atoms with Gasteiger partial charge >= 0.3 is 5.97 Å². The van der Waals surface area contributed by atoms with Crippen LogP contribution in [0.1, 0.15) is 42.4 Å². The number of nitrogens with one attached hydrogen (secondary N) is 1. The van der Waals surface area contributed by atoms with E-state index in [1.807, 2.05) is 25.2 Å². The number of aromatic nitrogens is 1. The zero-order chi connectivity index (χ0) is 15.6. The van der Waals surface area contributed by atoms with Gasteiger partial charge in [0.05, 0.1) is 11.1 Å². The van der Waals surface area contributed by atoms with Crippen LogP contribution in [0.5, 0.6) is 0 Å². The zero-order valence-electron chi connectivity index (χ0n) is 13.0. The molecule has 2 N–H and O–H groups in total. The lowest BCUT2D eigenvalue weighted by Gasteiger charge is -2.20. The van der Waals surface area contributed by atoms with E-state index in [1.165, 1.54) is 0 Å². The number of likely N-dealkylation sites (N-methyl/N-ethyl adjacent to an activating group) is 1. The van der Waals surface area contributed by atoms with Gasteiger partial charge in [0.15, 0.2) is 0 Å². The number of hydrogen-bond donors (Lipinski definition) is 2. The van der Waals surface area contributed by atoms with Crippen molar-refractivity contribution in [3.8, 4) is 0 Å². The predicted molar refractivity (Wildman–Crippen MR) is 85.0 cm³/mol. The first-order valence-electron chi connectivity index (χ1n) is 7.15. The molecule has 112 valence electrons. The molecule has 1 heterocycles. The quantitative estimate of drug-likeness (QED) is 0.907. The minimum atomic E-state index is -0.904. The normalized spacial score (nSPS) is 11.8. The smallest absolute Gasteiger partial charge is 0.336 e. The Labute approximate surface area is 125 Å². The molecule has 0 amide bonds. The zero-order valence-corrected chi connectivity index (χ0v) is 13.0. The molecule has 0 saturated heterocycles. The van der Waals surface area contributed by atoms with Crippen LogP contribution < -0.4 is 5.32 Å². The fourth-order valence-electron chi connectivity index (χ4n) is 2.31. The van der Waals surface area contributed by atoms with E-state index in [9.17, 15) is 9.90 Å². The Morgan fingerprint density at radius 1 is 1.29 bits per heavy atom. The summed E-state index contributed by atoms with van der Waals surface area (Å²) < 4.78 is 0. The summed E-state index contributed by atoms with van der Waals surface area (Å²) in [5.41, 5.74) is 2.97. The van der Waals surface area contributed by atoms with Crippen molar-refractivity contribution >= 4 is 16.9 Å². The summed E-state index contributed by atoms with van der Waals surface area (Å²) in [5.74, 6) is -0.904. The molecule has 0 aliphatic rings. The van der Waals surface area contributed by atoms with E-state index in [1.54, 1.807) is 6.07 Å². The lowest BCUT2D eigenvalue weighted by molar-refractivity contribution is 0.0699. The van der Waals surface area contributed by atoms with Gasteiger partial charge in [0.25, 0.3) is 0 Å². The van der Waals surface area contributed by atoms with Gasteiger partial charge in [0.1, 0.15) is 0 Å². The largest absolute Gasteiger partial charge is 0.478 e. The third kappa shape index (κ3) is 3.39. The highest BCUT2D eigenvalue weighted by Gasteiger charge is 2.17. The van der Waals surface area contributed by atoms with E-state index in [0.717, 1.165) is 23.3 Å². The second-order valence-electron chi connectivity index (χ2n) is 6.30. The Morgan fingerprint density at radius 2 is 2.00 bits per heavy atom. The summed E-state index contributed by atoms with van der Waals surface area (Å²) >= 11 is 0. The van der Waals surface area contributed by atoms with Crippen molar-refractivity contribution in [3.63, 3.8) is 0 Å². The monoisotopic (exact) mass is 286 g/mol. The first kappa shape index (κ1) is 15.4. The van der Waals surface area contributed by atoms with E-state index in [0.29, 0.717) is 17.4 Å². The average Bonchev–Trinajstić information content (AvgIpc) is 2.42. The Hall–Kier alpha value is -1.94. The lowest BCUT2D eigenvalue weighted by Crippen LogP contribution is -2.13. The highest BCUT2D eigenvalue weighted by atomic mass is 16.4. The fraction of sp³-hybridized carbons (Fsp3) is 0.412. The van der Waals surface area contributed by atoms with Crippen LogP contribution in [0, 0.1) is 0 Å². The van der Waals surface area contributed by atoms with Crippen molar-refractivity contribution in [2.45, 2.75) is 32.6 Å². The van der Waals surface area contributed by atoms with Crippen molar-refractivity contribution in [1.29, 1.82) is 0 Å². The van der Waals surface area contributed by atoms with Crippen LogP contribution in [0.4, 0.5) is 0 Å². The van der Waals surface area contributed by atoms with Gasteiger partial charge in [-0.1, -0.05) is 26.8 Å². The topological polar surface area (TPSA) is 62.2 Å². The first-order chi connectivity index (χ1) is 9.82. The summed E-state index contributed by atoms with van der Waals surface area (Å²) in [7, 11) is 1.87. The molecule has 0 aliphatic heterocycles. The standard InChI is InChI=1S/C17H22N2O2/c1-17(2,3)11-5-6-15-13(9-11)14(16(20)21)10-12(19-15)7-8-18-4/h5-6,9-10,18H,7-8H2,1-4H3,(H,20,21). The number of hydrogen-bond acceptors (Lipinski definition) is 3. The molecule has 21 heavy (non-hydrogen) atoms. The fourth-order valence-corrected chi connectivity index (χ4v) is 2.31. The third-order valence-electron chi connectivity index (χ3n) is 3.59. The van der Waals surface area contributed by atoms with Crippen molar-refractivity contribution in [2.75, 3.05) is 13.6 Å². The van der Waals surface area contributed by atoms with Crippen molar-refractivity contribution in [1.82, 2.24) is 10.3 Å². The van der Waals surface area contributed by atoms with E-state index >= 15 is 0 Å². The summed E-state index contributed by atoms with van der Waals surface area (Å²) in [6, 6.07) is 7.59. The van der Waals surface area contributed by atoms with Crippen molar-refractivity contribution < 1.29 is 9.90 Å². The van der Waals surface area contributed by atoms with Gasteiger partial charge in [-0.2, -0.15) is 0 Å². The van der Waals surface area contributed by atoms with Gasteiger partial charge < -0.3 is 10.4 Å². The van der Waals surface area contributed by atoms with Gasteiger partial charge in [-0.15, -0.1) is 0 Å². The minimum absolute atomic E-state index is 0.0191. The molecule has 0 unspecified atom stereocenters.